The van der Waals surface area contributed by atoms with Gasteiger partial charge in [0.2, 0.25) is 0 Å². The van der Waals surface area contributed by atoms with Crippen molar-refractivity contribution in [1.82, 2.24) is 0 Å². The predicted octanol–water partition coefficient (Wildman–Crippen LogP) is -1.07. The van der Waals surface area contributed by atoms with E-state index in [4.69, 9.17) is 4.55 Å². The topological polar surface area (TPSA) is 54.4 Å². The van der Waals surface area contributed by atoms with Crippen LogP contribution in [-0.2, 0) is 14.9 Å². The fourth-order valence-corrected chi connectivity index (χ4v) is 1.42. The zero-order chi connectivity index (χ0) is 10.1. The van der Waals surface area contributed by atoms with Crippen LogP contribution in [0.3, 0.4) is 0 Å². The molecule has 0 atom stereocenters. The number of hydrogen-bond donors (Lipinski definition) is 1. The zero-order valence-corrected chi connectivity index (χ0v) is 12.5. The molecule has 3 nitrogen and oxygen atoms in total. The summed E-state index contributed by atoms with van der Waals surface area (Å²) in [6.45, 7) is 2.94. The van der Waals surface area contributed by atoms with Crippen LogP contribution in [0.25, 0.3) is 0 Å². The van der Waals surface area contributed by atoms with Crippen molar-refractivity contribution in [3.05, 3.63) is 35.9 Å². The molecule has 0 saturated carbocycles. The second-order valence-corrected chi connectivity index (χ2v) is 5.32. The molecule has 0 aromatic heterocycles. The van der Waals surface area contributed by atoms with Crippen molar-refractivity contribution in [3.8, 4) is 0 Å². The third-order valence-electron chi connectivity index (χ3n) is 2.11. The number of hydrogen-bond acceptors (Lipinski definition) is 2. The molecule has 5 heteroatoms. The van der Waals surface area contributed by atoms with Gasteiger partial charge < -0.3 is 1.43 Å². The maximum Gasteiger partial charge on any atom is 1.00 e. The van der Waals surface area contributed by atoms with Crippen molar-refractivity contribution in [2.45, 2.75) is 18.6 Å². The Labute approximate surface area is 129 Å². The van der Waals surface area contributed by atoms with Gasteiger partial charge in [0.1, 0.15) is 4.75 Å². The first-order chi connectivity index (χ1) is 5.86. The summed E-state index contributed by atoms with van der Waals surface area (Å²) >= 11 is 0. The van der Waals surface area contributed by atoms with Gasteiger partial charge in [-0.1, -0.05) is 30.3 Å². The summed E-state index contributed by atoms with van der Waals surface area (Å²) in [5.74, 6) is 0. The van der Waals surface area contributed by atoms with Crippen molar-refractivity contribution in [1.29, 1.82) is 0 Å². The predicted molar refractivity (Wildman–Crippen MR) is 52.1 cm³/mol. The fourth-order valence-electron chi connectivity index (χ4n) is 0.988. The molecule has 0 aliphatic carbocycles. The van der Waals surface area contributed by atoms with Gasteiger partial charge in [-0.25, -0.2) is 0 Å². The van der Waals surface area contributed by atoms with Crippen molar-refractivity contribution >= 4 is 10.1 Å². The first-order valence-electron chi connectivity index (χ1n) is 3.88. The molecule has 0 spiro atoms. The fraction of sp³-hybridized carbons (Fsp3) is 0.333. The average Bonchev–Trinajstić information content (AvgIpc) is 2.04. The molecule has 0 saturated heterocycles. The van der Waals surface area contributed by atoms with Gasteiger partial charge in [-0.15, -0.1) is 0 Å². The Bertz CT molecular complexity index is 389. The molecule has 0 amide bonds. The summed E-state index contributed by atoms with van der Waals surface area (Å²) < 4.78 is 29.7. The molecule has 1 aromatic rings. The minimum absolute atomic E-state index is 0. The molecule has 0 aliphatic rings. The van der Waals surface area contributed by atoms with Gasteiger partial charge in [-0.05, 0) is 19.4 Å². The number of rotatable bonds is 2. The zero-order valence-electron chi connectivity index (χ0n) is 9.56. The molecular weight excluding hydrogens is 227 g/mol. The van der Waals surface area contributed by atoms with Gasteiger partial charge in [0.05, 0.1) is 0 Å². The summed E-state index contributed by atoms with van der Waals surface area (Å²) in [7, 11) is -4.06. The molecule has 1 rings (SSSR count). The molecule has 0 aliphatic heterocycles. The molecule has 0 fully saturated rings. The van der Waals surface area contributed by atoms with E-state index >= 15 is 0 Å². The summed E-state index contributed by atoms with van der Waals surface area (Å²) in [5.41, 5.74) is 0.581. The second-order valence-electron chi connectivity index (χ2n) is 3.35. The van der Waals surface area contributed by atoms with Crippen LogP contribution in [0.5, 0.6) is 0 Å². The van der Waals surface area contributed by atoms with E-state index < -0.39 is 14.9 Å². The SMILES string of the molecule is CC(C)(c1ccccc1)S(=O)(=O)O.[H-].[K+]. The Morgan fingerprint density at radius 1 is 1.21 bits per heavy atom. The van der Waals surface area contributed by atoms with E-state index in [1.165, 1.54) is 13.8 Å². The van der Waals surface area contributed by atoms with Crippen LogP contribution in [0.2, 0.25) is 0 Å². The molecule has 1 N–H and O–H groups in total. The van der Waals surface area contributed by atoms with Crippen LogP contribution < -0.4 is 51.4 Å². The average molecular weight is 240 g/mol. The third kappa shape index (κ3) is 3.13. The van der Waals surface area contributed by atoms with E-state index in [9.17, 15) is 8.42 Å². The van der Waals surface area contributed by atoms with Crippen molar-refractivity contribution in [2.75, 3.05) is 0 Å². The second kappa shape index (κ2) is 5.20. The molecule has 0 radical (unpaired) electrons. The van der Waals surface area contributed by atoms with Gasteiger partial charge in [-0.2, -0.15) is 8.42 Å². The van der Waals surface area contributed by atoms with E-state index in [1.807, 2.05) is 0 Å². The van der Waals surface area contributed by atoms with Crippen molar-refractivity contribution in [3.63, 3.8) is 0 Å². The summed E-state index contributed by atoms with van der Waals surface area (Å²) in [6, 6.07) is 8.62. The molecule has 0 bridgehead atoms. The van der Waals surface area contributed by atoms with Gasteiger partial charge in [0.15, 0.2) is 0 Å². The maximum absolute atomic E-state index is 11.0. The van der Waals surface area contributed by atoms with Crippen LogP contribution in [0.4, 0.5) is 0 Å². The summed E-state index contributed by atoms with van der Waals surface area (Å²) in [4.78, 5) is 0. The van der Waals surface area contributed by atoms with Gasteiger partial charge in [0, 0.05) is 0 Å². The molecule has 0 unspecified atom stereocenters. The molecule has 14 heavy (non-hydrogen) atoms. The van der Waals surface area contributed by atoms with E-state index in [-0.39, 0.29) is 52.8 Å². The van der Waals surface area contributed by atoms with Crippen LogP contribution in [0.1, 0.15) is 20.8 Å². The summed E-state index contributed by atoms with van der Waals surface area (Å²) in [5, 5.41) is 0. The van der Waals surface area contributed by atoms with E-state index in [0.717, 1.165) is 0 Å². The Morgan fingerprint density at radius 3 is 2.00 bits per heavy atom. The molecular formula is C9H13KO3S. The molecule has 1 aromatic carbocycles. The van der Waals surface area contributed by atoms with E-state index in [2.05, 4.69) is 0 Å². The van der Waals surface area contributed by atoms with Gasteiger partial charge in [0.25, 0.3) is 10.1 Å². The van der Waals surface area contributed by atoms with Gasteiger partial charge >= 0.3 is 51.4 Å². The number of benzene rings is 1. The largest absolute Gasteiger partial charge is 1.00 e. The Hall–Kier alpha value is 0.766. The van der Waals surface area contributed by atoms with E-state index in [1.54, 1.807) is 30.3 Å². The van der Waals surface area contributed by atoms with E-state index in [0.29, 0.717) is 5.56 Å². The quantitative estimate of drug-likeness (QED) is 0.529. The summed E-state index contributed by atoms with van der Waals surface area (Å²) in [6.07, 6.45) is 0. The van der Waals surface area contributed by atoms with Crippen LogP contribution in [-0.4, -0.2) is 13.0 Å². The minimum Gasteiger partial charge on any atom is -1.00 e. The maximum atomic E-state index is 11.0. The third-order valence-corrected chi connectivity index (χ3v) is 3.64. The Balaban J connectivity index is 0. The Morgan fingerprint density at radius 2 is 1.64 bits per heavy atom. The van der Waals surface area contributed by atoms with Gasteiger partial charge in [-0.3, -0.25) is 4.55 Å². The Kier molecular flexibility index (Phi) is 5.49. The standard InChI is InChI=1S/C9H12O3S.K.H/c1-9(2,13(10,11)12)8-6-4-3-5-7-8;;/h3-7H,1-2H3,(H,10,11,12);;/q;+1;-1. The molecule has 0 heterocycles. The monoisotopic (exact) mass is 240 g/mol. The molecule has 74 valence electrons. The first kappa shape index (κ1) is 14.8. The normalized spacial score (nSPS) is 11.9. The van der Waals surface area contributed by atoms with Crippen molar-refractivity contribution in [2.24, 2.45) is 0 Å². The van der Waals surface area contributed by atoms with Crippen LogP contribution >= 0.6 is 0 Å². The smallest absolute Gasteiger partial charge is 1.00 e. The first-order valence-corrected chi connectivity index (χ1v) is 5.32. The van der Waals surface area contributed by atoms with Crippen molar-refractivity contribution < 1.29 is 65.8 Å². The van der Waals surface area contributed by atoms with Crippen LogP contribution in [0, 0.1) is 0 Å². The van der Waals surface area contributed by atoms with Crippen LogP contribution in [0.15, 0.2) is 30.3 Å². The minimum atomic E-state index is -4.06.